The van der Waals surface area contributed by atoms with E-state index >= 15 is 0 Å². The molecule has 0 bridgehead atoms. The molecule has 1 aromatic rings. The number of aliphatic hydroxyl groups excluding tert-OH is 1. The highest BCUT2D eigenvalue weighted by molar-refractivity contribution is 7.09. The number of rotatable bonds is 16. The molecule has 0 aliphatic heterocycles. The van der Waals surface area contributed by atoms with Crippen LogP contribution in [0.4, 0.5) is 4.39 Å². The molecule has 0 radical (unpaired) electrons. The molecule has 33 heavy (non-hydrogen) atoms. The van der Waals surface area contributed by atoms with Gasteiger partial charge in [0.25, 0.3) is 0 Å². The molecule has 1 rings (SSSR count). The van der Waals surface area contributed by atoms with E-state index in [2.05, 4.69) is 18.8 Å². The number of aliphatic carboxylic acids is 1. The van der Waals surface area contributed by atoms with E-state index in [-0.39, 0.29) is 17.5 Å². The van der Waals surface area contributed by atoms with E-state index in [0.717, 1.165) is 43.5 Å². The van der Waals surface area contributed by atoms with E-state index in [1.54, 1.807) is 13.8 Å². The number of aromatic nitrogens is 1. The van der Waals surface area contributed by atoms with Crippen LogP contribution < -0.4 is 0 Å². The molecule has 4 atom stereocenters. The SMILES string of the molecule is Cc1nc(/C=C(\F)CCCC(C)CCCC(C)CC(C)C(=O)C(C)(C)C(O)CC(=O)O)cs1. The maximum absolute atomic E-state index is 14.0. The molecule has 7 heteroatoms. The number of carboxylic acids is 1. The summed E-state index contributed by atoms with van der Waals surface area (Å²) in [7, 11) is 0. The highest BCUT2D eigenvalue weighted by atomic mass is 32.1. The Morgan fingerprint density at radius 2 is 1.76 bits per heavy atom. The number of hydrogen-bond donors (Lipinski definition) is 2. The average Bonchev–Trinajstić information content (AvgIpc) is 3.11. The fourth-order valence-electron chi connectivity index (χ4n) is 4.31. The third-order valence-electron chi connectivity index (χ3n) is 6.49. The summed E-state index contributed by atoms with van der Waals surface area (Å²) >= 11 is 1.52. The smallest absolute Gasteiger partial charge is 0.306 e. The number of carboxylic acid groups (broad SMARTS) is 1. The summed E-state index contributed by atoms with van der Waals surface area (Å²) in [4.78, 5) is 27.9. The second-order valence-electron chi connectivity index (χ2n) is 10.3. The summed E-state index contributed by atoms with van der Waals surface area (Å²) in [6.07, 6.45) is 6.03. The molecule has 1 heterocycles. The fraction of sp³-hybridized carbons (Fsp3) is 0.731. The molecule has 1 aromatic heterocycles. The maximum atomic E-state index is 14.0. The van der Waals surface area contributed by atoms with Crippen molar-refractivity contribution in [1.82, 2.24) is 4.98 Å². The first-order chi connectivity index (χ1) is 15.3. The molecule has 188 valence electrons. The van der Waals surface area contributed by atoms with Crippen molar-refractivity contribution < 1.29 is 24.2 Å². The van der Waals surface area contributed by atoms with Gasteiger partial charge in [-0.2, -0.15) is 0 Å². The summed E-state index contributed by atoms with van der Waals surface area (Å²) < 4.78 is 14.0. The van der Waals surface area contributed by atoms with E-state index in [9.17, 15) is 19.1 Å². The maximum Gasteiger partial charge on any atom is 0.306 e. The number of carbonyl (C=O) groups excluding carboxylic acids is 1. The summed E-state index contributed by atoms with van der Waals surface area (Å²) in [5, 5.41) is 21.9. The number of carbonyl (C=O) groups is 2. The van der Waals surface area contributed by atoms with Crippen LogP contribution in [0.5, 0.6) is 0 Å². The highest BCUT2D eigenvalue weighted by Crippen LogP contribution is 2.31. The molecule has 0 aliphatic rings. The number of aliphatic hydroxyl groups is 1. The number of ketones is 1. The molecule has 0 fully saturated rings. The van der Waals surface area contributed by atoms with Crippen molar-refractivity contribution in [3.63, 3.8) is 0 Å². The highest BCUT2D eigenvalue weighted by Gasteiger charge is 2.39. The lowest BCUT2D eigenvalue weighted by molar-refractivity contribution is -0.145. The Balaban J connectivity index is 2.30. The Kier molecular flexibility index (Phi) is 12.4. The van der Waals surface area contributed by atoms with E-state index < -0.39 is 23.9 Å². The fourth-order valence-corrected chi connectivity index (χ4v) is 4.88. The molecule has 0 amide bonds. The molecule has 2 N–H and O–H groups in total. The van der Waals surface area contributed by atoms with Crippen LogP contribution in [0.1, 0.15) is 96.7 Å². The first-order valence-corrected chi connectivity index (χ1v) is 12.9. The van der Waals surface area contributed by atoms with Gasteiger partial charge in [-0.05, 0) is 44.1 Å². The molecule has 4 unspecified atom stereocenters. The third-order valence-corrected chi connectivity index (χ3v) is 7.28. The van der Waals surface area contributed by atoms with E-state index in [1.807, 2.05) is 19.2 Å². The minimum absolute atomic E-state index is 0.0839. The minimum Gasteiger partial charge on any atom is -0.481 e. The Bertz CT molecular complexity index is 789. The summed E-state index contributed by atoms with van der Waals surface area (Å²) in [6.45, 7) is 11.4. The molecular weight excluding hydrogens is 441 g/mol. The number of halogens is 1. The monoisotopic (exact) mass is 483 g/mol. The topological polar surface area (TPSA) is 87.5 Å². The Morgan fingerprint density at radius 1 is 1.15 bits per heavy atom. The molecular formula is C26H42FNO4S. The van der Waals surface area contributed by atoms with Gasteiger partial charge >= 0.3 is 5.97 Å². The van der Waals surface area contributed by atoms with Crippen molar-refractivity contribution in [2.24, 2.45) is 23.2 Å². The van der Waals surface area contributed by atoms with Crippen LogP contribution in [0.3, 0.4) is 0 Å². The predicted octanol–water partition coefficient (Wildman–Crippen LogP) is 6.83. The number of thiazole rings is 1. The number of aryl methyl sites for hydroxylation is 1. The second kappa shape index (κ2) is 14.0. The quantitative estimate of drug-likeness (QED) is 0.269. The Morgan fingerprint density at radius 3 is 2.33 bits per heavy atom. The molecule has 5 nitrogen and oxygen atoms in total. The lowest BCUT2D eigenvalue weighted by atomic mass is 9.74. The molecule has 0 aromatic carbocycles. The van der Waals surface area contributed by atoms with E-state index in [0.29, 0.717) is 24.0 Å². The van der Waals surface area contributed by atoms with Gasteiger partial charge in [-0.25, -0.2) is 9.37 Å². The molecule has 0 spiro atoms. The van der Waals surface area contributed by atoms with Gasteiger partial charge < -0.3 is 10.2 Å². The normalized spacial score (nSPS) is 16.3. The Hall–Kier alpha value is -1.60. The number of hydrogen-bond acceptors (Lipinski definition) is 5. The summed E-state index contributed by atoms with van der Waals surface area (Å²) in [5.74, 6) is -0.643. The van der Waals surface area contributed by atoms with Gasteiger partial charge in [0.15, 0.2) is 0 Å². The van der Waals surface area contributed by atoms with Crippen molar-refractivity contribution in [3.05, 3.63) is 21.9 Å². The van der Waals surface area contributed by atoms with Crippen LogP contribution in [0.2, 0.25) is 0 Å². The van der Waals surface area contributed by atoms with Crippen LogP contribution in [-0.4, -0.2) is 33.1 Å². The minimum atomic E-state index is -1.19. The Labute approximate surface area is 202 Å². The number of Topliss-reactive ketones (excluding diaryl/α,β-unsaturated/α-hetero) is 1. The van der Waals surface area contributed by atoms with Gasteiger partial charge in [0.05, 0.1) is 28.6 Å². The second-order valence-corrected chi connectivity index (χ2v) is 11.3. The van der Waals surface area contributed by atoms with E-state index in [4.69, 9.17) is 5.11 Å². The van der Waals surface area contributed by atoms with Gasteiger partial charge in [0.1, 0.15) is 11.6 Å². The zero-order valence-electron chi connectivity index (χ0n) is 21.1. The zero-order chi connectivity index (χ0) is 25.2. The first-order valence-electron chi connectivity index (χ1n) is 12.0. The number of allylic oxidation sites excluding steroid dienone is 1. The lowest BCUT2D eigenvalue weighted by Gasteiger charge is -2.31. The zero-order valence-corrected chi connectivity index (χ0v) is 21.9. The lowest BCUT2D eigenvalue weighted by Crippen LogP contribution is -2.41. The van der Waals surface area contributed by atoms with Crippen LogP contribution in [0, 0.1) is 30.1 Å². The van der Waals surface area contributed by atoms with Crippen molar-refractivity contribution in [1.29, 1.82) is 0 Å². The van der Waals surface area contributed by atoms with Crippen molar-refractivity contribution in [3.8, 4) is 0 Å². The first kappa shape index (κ1) is 29.4. The van der Waals surface area contributed by atoms with Gasteiger partial charge in [-0.1, -0.05) is 60.3 Å². The van der Waals surface area contributed by atoms with Crippen molar-refractivity contribution >= 4 is 29.2 Å². The van der Waals surface area contributed by atoms with Crippen molar-refractivity contribution in [2.75, 3.05) is 0 Å². The van der Waals surface area contributed by atoms with Crippen LogP contribution >= 0.6 is 11.3 Å². The van der Waals surface area contributed by atoms with Gasteiger partial charge in [0.2, 0.25) is 0 Å². The molecule has 0 aliphatic carbocycles. The van der Waals surface area contributed by atoms with Gasteiger partial charge in [-0.3, -0.25) is 9.59 Å². The summed E-state index contributed by atoms with van der Waals surface area (Å²) in [5.41, 5.74) is -0.377. The van der Waals surface area contributed by atoms with E-state index in [1.165, 1.54) is 17.4 Å². The third kappa shape index (κ3) is 10.9. The van der Waals surface area contributed by atoms with Crippen LogP contribution in [-0.2, 0) is 9.59 Å². The molecule has 0 saturated heterocycles. The summed E-state index contributed by atoms with van der Waals surface area (Å²) in [6, 6.07) is 0. The average molecular weight is 484 g/mol. The number of nitrogens with zero attached hydrogens (tertiary/aromatic N) is 1. The molecule has 0 saturated carbocycles. The van der Waals surface area contributed by atoms with Gasteiger partial charge in [0, 0.05) is 11.3 Å². The van der Waals surface area contributed by atoms with Crippen LogP contribution in [0.25, 0.3) is 6.08 Å². The van der Waals surface area contributed by atoms with Crippen LogP contribution in [0.15, 0.2) is 11.2 Å². The van der Waals surface area contributed by atoms with Crippen molar-refractivity contribution in [2.45, 2.75) is 99.0 Å². The standard InChI is InChI=1S/C26H42FNO4S/c1-17(10-8-12-21(27)14-22-16-33-20(4)28-22)9-7-11-18(2)13-19(3)25(32)26(5,6)23(29)15-24(30)31/h14,16-19,23,29H,7-13,15H2,1-6H3,(H,30,31)/b21-14-. The largest absolute Gasteiger partial charge is 0.481 e. The predicted molar refractivity (Wildman–Crippen MR) is 133 cm³/mol. The van der Waals surface area contributed by atoms with Gasteiger partial charge in [-0.15, -0.1) is 11.3 Å².